The molecule has 3 heteroatoms. The van der Waals surface area contributed by atoms with E-state index >= 15 is 0 Å². The fraction of sp³-hybridized carbons (Fsp3) is 0.467. The molecule has 0 aromatic carbocycles. The summed E-state index contributed by atoms with van der Waals surface area (Å²) in [7, 11) is -0.893. The highest BCUT2D eigenvalue weighted by Crippen LogP contribution is 2.32. The molecule has 0 N–H and O–H groups in total. The molecule has 0 radical (unpaired) electrons. The number of hydrogen-bond acceptors (Lipinski definition) is 2. The molecule has 0 aliphatic heterocycles. The van der Waals surface area contributed by atoms with Gasteiger partial charge in [-0.2, -0.15) is 10.0 Å². The molecule has 0 spiro atoms. The van der Waals surface area contributed by atoms with E-state index in [1.807, 2.05) is 6.07 Å². The fourth-order valence-electron chi connectivity index (χ4n) is 1.29. The molecule has 0 aliphatic rings. The van der Waals surface area contributed by atoms with Crippen molar-refractivity contribution in [3.63, 3.8) is 0 Å². The zero-order valence-electron chi connectivity index (χ0n) is 12.0. The molecule has 1 rings (SSSR count). The van der Waals surface area contributed by atoms with Crippen molar-refractivity contribution in [1.82, 2.24) is 4.98 Å². The zero-order chi connectivity index (χ0) is 14.0. The van der Waals surface area contributed by atoms with Crippen molar-refractivity contribution in [3.05, 3.63) is 29.1 Å². The van der Waals surface area contributed by atoms with Crippen molar-refractivity contribution in [2.45, 2.75) is 26.2 Å². The van der Waals surface area contributed by atoms with Crippen molar-refractivity contribution in [1.29, 1.82) is 0 Å². The van der Waals surface area contributed by atoms with E-state index in [1.54, 1.807) is 6.20 Å². The molecule has 1 heterocycles. The summed E-state index contributed by atoms with van der Waals surface area (Å²) in [5.74, 6) is 3.13. The predicted octanol–water partition coefficient (Wildman–Crippen LogP) is 3.19. The lowest BCUT2D eigenvalue weighted by Crippen LogP contribution is -2.14. The number of aldehydes is 1. The quantitative estimate of drug-likeness (QED) is 0.575. The first-order valence-corrected chi connectivity index (χ1v) is 8.66. The minimum Gasteiger partial charge on any atom is -0.298 e. The highest BCUT2D eigenvalue weighted by atomic mass is 32.3. The number of pyridine rings is 1. The summed E-state index contributed by atoms with van der Waals surface area (Å²) < 4.78 is 0. The van der Waals surface area contributed by atoms with Gasteiger partial charge in [0.1, 0.15) is 0 Å². The molecule has 98 valence electrons. The van der Waals surface area contributed by atoms with Gasteiger partial charge in [0.2, 0.25) is 0 Å². The molecule has 1 aromatic rings. The number of carbonyl (C=O) groups is 1. The Hall–Kier alpha value is -1.27. The molecule has 0 aliphatic carbocycles. The van der Waals surface area contributed by atoms with Crippen LogP contribution in [-0.2, 0) is 5.41 Å². The Labute approximate surface area is 112 Å². The first-order chi connectivity index (χ1) is 8.13. The molecule has 0 unspecified atom stereocenters. The molecule has 1 aromatic heterocycles. The minimum atomic E-state index is -0.893. The Balaban J connectivity index is 3.31. The van der Waals surface area contributed by atoms with Gasteiger partial charge >= 0.3 is 0 Å². The fourth-order valence-corrected chi connectivity index (χ4v) is 1.70. The van der Waals surface area contributed by atoms with Gasteiger partial charge < -0.3 is 0 Å². The Morgan fingerprint density at radius 3 is 2.33 bits per heavy atom. The van der Waals surface area contributed by atoms with Gasteiger partial charge in [-0.25, -0.2) is 0 Å². The third-order valence-electron chi connectivity index (χ3n) is 2.32. The first kappa shape index (κ1) is 14.8. The smallest absolute Gasteiger partial charge is 0.152 e. The topological polar surface area (TPSA) is 30.0 Å². The van der Waals surface area contributed by atoms with Gasteiger partial charge in [0.15, 0.2) is 6.29 Å². The molecule has 0 saturated heterocycles. The lowest BCUT2D eigenvalue weighted by molar-refractivity contribution is 0.112. The van der Waals surface area contributed by atoms with E-state index in [-0.39, 0.29) is 5.41 Å². The summed E-state index contributed by atoms with van der Waals surface area (Å²) >= 11 is 0. The van der Waals surface area contributed by atoms with Crippen LogP contribution in [-0.4, -0.2) is 30.0 Å². The Bertz CT molecular complexity index is 510. The third-order valence-corrected chi connectivity index (χ3v) is 3.04. The standard InChI is InChI=1S/C15H21NOS/c1-15(2,3)14-9-12(7-8-18(4,5)6)13(11-17)10-16-14/h9-11H,1-6H3. The molecule has 0 saturated carbocycles. The molecule has 0 atom stereocenters. The van der Waals surface area contributed by atoms with Crippen LogP contribution in [0.2, 0.25) is 0 Å². The van der Waals surface area contributed by atoms with E-state index in [0.29, 0.717) is 5.56 Å². The van der Waals surface area contributed by atoms with E-state index in [2.05, 4.69) is 55.7 Å². The second-order valence-electron chi connectivity index (χ2n) is 6.09. The van der Waals surface area contributed by atoms with Crippen LogP contribution in [0.3, 0.4) is 0 Å². The van der Waals surface area contributed by atoms with Crippen LogP contribution in [0.5, 0.6) is 0 Å². The molecule has 0 fully saturated rings. The highest BCUT2D eigenvalue weighted by molar-refractivity contribution is 8.35. The van der Waals surface area contributed by atoms with Crippen LogP contribution in [0.4, 0.5) is 0 Å². The van der Waals surface area contributed by atoms with Gasteiger partial charge in [-0.1, -0.05) is 26.7 Å². The number of aromatic nitrogens is 1. The molecule has 18 heavy (non-hydrogen) atoms. The zero-order valence-corrected chi connectivity index (χ0v) is 12.8. The summed E-state index contributed by atoms with van der Waals surface area (Å²) in [6.07, 6.45) is 8.84. The van der Waals surface area contributed by atoms with Gasteiger partial charge in [-0.3, -0.25) is 9.78 Å². The van der Waals surface area contributed by atoms with Gasteiger partial charge in [-0.05, 0) is 30.1 Å². The second-order valence-corrected chi connectivity index (χ2v) is 9.97. The van der Waals surface area contributed by atoms with E-state index in [4.69, 9.17) is 0 Å². The van der Waals surface area contributed by atoms with Crippen LogP contribution in [0, 0.1) is 11.2 Å². The Morgan fingerprint density at radius 2 is 1.89 bits per heavy atom. The number of rotatable bonds is 1. The average Bonchev–Trinajstić information content (AvgIpc) is 2.23. The second kappa shape index (κ2) is 5.16. The minimum absolute atomic E-state index is 0.0353. The summed E-state index contributed by atoms with van der Waals surface area (Å²) in [6, 6.07) is 1.93. The monoisotopic (exact) mass is 263 g/mol. The third kappa shape index (κ3) is 4.19. The molecule has 0 amide bonds. The van der Waals surface area contributed by atoms with E-state index in [1.165, 1.54) is 0 Å². The molecular weight excluding hydrogens is 242 g/mol. The van der Waals surface area contributed by atoms with Gasteiger partial charge in [-0.15, -0.1) is 0 Å². The lowest BCUT2D eigenvalue weighted by Gasteiger charge is -2.18. The van der Waals surface area contributed by atoms with Crippen LogP contribution < -0.4 is 0 Å². The van der Waals surface area contributed by atoms with Crippen molar-refractivity contribution in [2.75, 3.05) is 18.8 Å². The highest BCUT2D eigenvalue weighted by Gasteiger charge is 2.16. The van der Waals surface area contributed by atoms with Crippen LogP contribution >= 0.6 is 10.0 Å². The lowest BCUT2D eigenvalue weighted by atomic mass is 9.90. The predicted molar refractivity (Wildman–Crippen MR) is 80.6 cm³/mol. The number of carbonyl (C=O) groups excluding carboxylic acids is 1. The van der Waals surface area contributed by atoms with Gasteiger partial charge in [0.25, 0.3) is 0 Å². The normalized spacial score (nSPS) is 12.6. The summed E-state index contributed by atoms with van der Waals surface area (Å²) in [5.41, 5.74) is 2.28. The van der Waals surface area contributed by atoms with E-state index < -0.39 is 10.0 Å². The maximum absolute atomic E-state index is 11.0. The maximum Gasteiger partial charge on any atom is 0.152 e. The SMILES string of the molecule is CC(C)(C)c1cc(C#CS(C)(C)C)c(C=O)cn1. The van der Waals surface area contributed by atoms with E-state index in [0.717, 1.165) is 17.5 Å². The Kier molecular flexibility index (Phi) is 4.24. The molecule has 2 nitrogen and oxygen atoms in total. The number of hydrogen-bond donors (Lipinski definition) is 0. The van der Waals surface area contributed by atoms with Crippen LogP contribution in [0.15, 0.2) is 12.3 Å². The van der Waals surface area contributed by atoms with Crippen LogP contribution in [0.1, 0.15) is 42.4 Å². The molecular formula is C15H21NOS. The number of nitrogens with zero attached hydrogens (tertiary/aromatic N) is 1. The van der Waals surface area contributed by atoms with Gasteiger partial charge in [0, 0.05) is 28.4 Å². The van der Waals surface area contributed by atoms with Crippen molar-refractivity contribution < 1.29 is 4.79 Å². The first-order valence-electron chi connectivity index (χ1n) is 5.80. The Morgan fingerprint density at radius 1 is 1.28 bits per heavy atom. The van der Waals surface area contributed by atoms with Gasteiger partial charge in [0.05, 0.1) is 0 Å². The van der Waals surface area contributed by atoms with Crippen molar-refractivity contribution in [2.24, 2.45) is 0 Å². The average molecular weight is 263 g/mol. The van der Waals surface area contributed by atoms with E-state index in [9.17, 15) is 4.79 Å². The summed E-state index contributed by atoms with van der Waals surface area (Å²) in [4.78, 5) is 15.3. The molecule has 0 bridgehead atoms. The van der Waals surface area contributed by atoms with Crippen LogP contribution in [0.25, 0.3) is 0 Å². The largest absolute Gasteiger partial charge is 0.298 e. The van der Waals surface area contributed by atoms with Crippen molar-refractivity contribution >= 4 is 16.3 Å². The summed E-state index contributed by atoms with van der Waals surface area (Å²) in [6.45, 7) is 6.30. The summed E-state index contributed by atoms with van der Waals surface area (Å²) in [5, 5.41) is 3.24. The maximum atomic E-state index is 11.0. The van der Waals surface area contributed by atoms with Crippen molar-refractivity contribution in [3.8, 4) is 11.2 Å².